The second-order valence-corrected chi connectivity index (χ2v) is 6.62. The molecule has 124 valence electrons. The topological polar surface area (TPSA) is 29.1 Å². The van der Waals surface area contributed by atoms with E-state index in [2.05, 4.69) is 51.6 Å². The predicted molar refractivity (Wildman–Crippen MR) is 108 cm³/mol. The molecule has 1 amide bonds. The van der Waals surface area contributed by atoms with Gasteiger partial charge in [-0.25, -0.2) is 0 Å². The fraction of sp³-hybridized carbons (Fsp3) is 0.0455. The van der Waals surface area contributed by atoms with Crippen LogP contribution in [0.4, 0.5) is 5.69 Å². The van der Waals surface area contributed by atoms with Gasteiger partial charge in [-0.05, 0) is 34.9 Å². The number of anilines is 1. The lowest BCUT2D eigenvalue weighted by Gasteiger charge is -2.15. The fourth-order valence-corrected chi connectivity index (χ4v) is 3.06. The summed E-state index contributed by atoms with van der Waals surface area (Å²) >= 11 is 3.49. The molecule has 25 heavy (non-hydrogen) atoms. The Morgan fingerprint density at radius 1 is 0.920 bits per heavy atom. The minimum atomic E-state index is -0.0912. The van der Waals surface area contributed by atoms with Crippen LogP contribution in [-0.2, 0) is 4.79 Å². The quantitative estimate of drug-likeness (QED) is 0.543. The standard InChI is InChI=1S/C22H18BrNO/c1-16(25)24-22-15-19(23)12-13-20(22)21(18-10-6-3-7-11-18)14-17-8-4-2-5-9-17/h2-15H,1H3,(H,24,25). The molecule has 0 atom stereocenters. The molecule has 3 aromatic carbocycles. The van der Waals surface area contributed by atoms with E-state index in [9.17, 15) is 4.79 Å². The number of carbonyl (C=O) groups is 1. The largest absolute Gasteiger partial charge is 0.326 e. The summed E-state index contributed by atoms with van der Waals surface area (Å²) in [7, 11) is 0. The SMILES string of the molecule is CC(=O)Nc1cc(Br)ccc1C(=Cc1ccccc1)c1ccccc1. The number of carbonyl (C=O) groups excluding carboxylic acids is 1. The van der Waals surface area contributed by atoms with Gasteiger partial charge in [-0.1, -0.05) is 82.7 Å². The maximum Gasteiger partial charge on any atom is 0.221 e. The molecule has 0 aromatic heterocycles. The van der Waals surface area contributed by atoms with E-state index in [4.69, 9.17) is 0 Å². The van der Waals surface area contributed by atoms with E-state index in [0.29, 0.717) is 0 Å². The number of benzene rings is 3. The number of hydrogen-bond donors (Lipinski definition) is 1. The van der Waals surface area contributed by atoms with Gasteiger partial charge in [-0.15, -0.1) is 0 Å². The third-order valence-electron chi connectivity index (χ3n) is 3.78. The number of rotatable bonds is 4. The van der Waals surface area contributed by atoms with E-state index in [1.54, 1.807) is 0 Å². The first kappa shape index (κ1) is 17.2. The number of nitrogens with one attached hydrogen (secondary N) is 1. The molecule has 3 heteroatoms. The Kier molecular flexibility index (Phi) is 5.46. The van der Waals surface area contributed by atoms with Crippen LogP contribution in [0.25, 0.3) is 11.6 Å². The molecule has 0 aliphatic heterocycles. The van der Waals surface area contributed by atoms with E-state index in [0.717, 1.165) is 32.4 Å². The van der Waals surface area contributed by atoms with Crippen LogP contribution < -0.4 is 5.32 Å². The Morgan fingerprint density at radius 2 is 1.56 bits per heavy atom. The highest BCUT2D eigenvalue weighted by molar-refractivity contribution is 9.10. The number of amides is 1. The lowest BCUT2D eigenvalue weighted by Crippen LogP contribution is -2.08. The lowest BCUT2D eigenvalue weighted by atomic mass is 9.94. The van der Waals surface area contributed by atoms with Crippen molar-refractivity contribution in [2.75, 3.05) is 5.32 Å². The molecule has 2 nitrogen and oxygen atoms in total. The average Bonchev–Trinajstić information content (AvgIpc) is 2.61. The molecule has 0 saturated carbocycles. The smallest absolute Gasteiger partial charge is 0.221 e. The Balaban J connectivity index is 2.19. The molecule has 0 unspecified atom stereocenters. The molecule has 0 aliphatic rings. The minimum Gasteiger partial charge on any atom is -0.326 e. The zero-order chi connectivity index (χ0) is 17.6. The fourth-order valence-electron chi connectivity index (χ4n) is 2.69. The van der Waals surface area contributed by atoms with Crippen molar-refractivity contribution in [1.29, 1.82) is 0 Å². The van der Waals surface area contributed by atoms with Crippen LogP contribution in [0.2, 0.25) is 0 Å². The summed E-state index contributed by atoms with van der Waals surface area (Å²) in [5.41, 5.74) is 5.03. The molecule has 1 N–H and O–H groups in total. The zero-order valence-electron chi connectivity index (χ0n) is 13.9. The Morgan fingerprint density at radius 3 is 2.20 bits per heavy atom. The maximum atomic E-state index is 11.6. The van der Waals surface area contributed by atoms with Crippen molar-refractivity contribution in [2.45, 2.75) is 6.92 Å². The van der Waals surface area contributed by atoms with Gasteiger partial charge in [0.2, 0.25) is 5.91 Å². The van der Waals surface area contributed by atoms with Gasteiger partial charge in [0, 0.05) is 22.6 Å². The first-order valence-electron chi connectivity index (χ1n) is 8.03. The lowest BCUT2D eigenvalue weighted by molar-refractivity contribution is -0.114. The van der Waals surface area contributed by atoms with E-state index >= 15 is 0 Å². The highest BCUT2D eigenvalue weighted by Crippen LogP contribution is 2.33. The van der Waals surface area contributed by atoms with Gasteiger partial charge in [0.25, 0.3) is 0 Å². The molecular formula is C22H18BrNO. The van der Waals surface area contributed by atoms with Crippen LogP contribution in [-0.4, -0.2) is 5.91 Å². The summed E-state index contributed by atoms with van der Waals surface area (Å²) in [4.78, 5) is 11.6. The maximum absolute atomic E-state index is 11.6. The molecule has 3 rings (SSSR count). The Bertz CT molecular complexity index is 902. The molecule has 3 aromatic rings. The second kappa shape index (κ2) is 7.95. The van der Waals surface area contributed by atoms with Crippen LogP contribution in [0.1, 0.15) is 23.6 Å². The van der Waals surface area contributed by atoms with Gasteiger partial charge in [0.15, 0.2) is 0 Å². The molecule has 0 aliphatic carbocycles. The highest BCUT2D eigenvalue weighted by atomic mass is 79.9. The zero-order valence-corrected chi connectivity index (χ0v) is 15.5. The molecule has 0 fully saturated rings. The third-order valence-corrected chi connectivity index (χ3v) is 4.27. The van der Waals surface area contributed by atoms with Crippen molar-refractivity contribution in [1.82, 2.24) is 0 Å². The number of halogens is 1. The summed E-state index contributed by atoms with van der Waals surface area (Å²) in [5.74, 6) is -0.0912. The Hall–Kier alpha value is -2.65. The van der Waals surface area contributed by atoms with Gasteiger partial charge < -0.3 is 5.32 Å². The molecule has 0 bridgehead atoms. The average molecular weight is 392 g/mol. The van der Waals surface area contributed by atoms with Gasteiger partial charge in [-0.2, -0.15) is 0 Å². The highest BCUT2D eigenvalue weighted by Gasteiger charge is 2.12. The van der Waals surface area contributed by atoms with Crippen LogP contribution in [0.3, 0.4) is 0 Å². The number of hydrogen-bond acceptors (Lipinski definition) is 1. The molecular weight excluding hydrogens is 374 g/mol. The predicted octanol–water partition coefficient (Wildman–Crippen LogP) is 6.00. The third kappa shape index (κ3) is 4.46. The van der Waals surface area contributed by atoms with Crippen molar-refractivity contribution in [2.24, 2.45) is 0 Å². The Labute approximate surface area is 156 Å². The van der Waals surface area contributed by atoms with Crippen molar-refractivity contribution in [3.05, 3.63) is 100 Å². The van der Waals surface area contributed by atoms with E-state index in [1.807, 2.05) is 54.6 Å². The van der Waals surface area contributed by atoms with Gasteiger partial charge in [0.1, 0.15) is 0 Å². The molecule has 0 heterocycles. The summed E-state index contributed by atoms with van der Waals surface area (Å²) < 4.78 is 0.923. The van der Waals surface area contributed by atoms with Crippen LogP contribution in [0, 0.1) is 0 Å². The van der Waals surface area contributed by atoms with Gasteiger partial charge >= 0.3 is 0 Å². The van der Waals surface area contributed by atoms with Crippen molar-refractivity contribution >= 4 is 39.2 Å². The monoisotopic (exact) mass is 391 g/mol. The van der Waals surface area contributed by atoms with Gasteiger partial charge in [-0.3, -0.25) is 4.79 Å². The summed E-state index contributed by atoms with van der Waals surface area (Å²) in [5, 5.41) is 2.94. The summed E-state index contributed by atoms with van der Waals surface area (Å²) in [6, 6.07) is 26.3. The minimum absolute atomic E-state index is 0.0912. The molecule has 0 saturated heterocycles. The van der Waals surface area contributed by atoms with Crippen molar-refractivity contribution in [3.63, 3.8) is 0 Å². The van der Waals surface area contributed by atoms with Crippen molar-refractivity contribution < 1.29 is 4.79 Å². The van der Waals surface area contributed by atoms with Crippen molar-refractivity contribution in [3.8, 4) is 0 Å². The first-order valence-corrected chi connectivity index (χ1v) is 8.82. The van der Waals surface area contributed by atoms with Crippen LogP contribution in [0.5, 0.6) is 0 Å². The van der Waals surface area contributed by atoms with E-state index < -0.39 is 0 Å². The first-order chi connectivity index (χ1) is 12.1. The van der Waals surface area contributed by atoms with Crippen LogP contribution in [0.15, 0.2) is 83.3 Å². The summed E-state index contributed by atoms with van der Waals surface area (Å²) in [6.45, 7) is 1.52. The van der Waals surface area contributed by atoms with Crippen LogP contribution >= 0.6 is 15.9 Å². The summed E-state index contributed by atoms with van der Waals surface area (Å²) in [6.07, 6.45) is 2.14. The normalized spacial score (nSPS) is 11.2. The molecule has 0 radical (unpaired) electrons. The van der Waals surface area contributed by atoms with Gasteiger partial charge in [0.05, 0.1) is 0 Å². The van der Waals surface area contributed by atoms with E-state index in [1.165, 1.54) is 6.92 Å². The second-order valence-electron chi connectivity index (χ2n) is 5.71. The molecule has 0 spiro atoms. The van der Waals surface area contributed by atoms with E-state index in [-0.39, 0.29) is 5.91 Å².